The van der Waals surface area contributed by atoms with Crippen LogP contribution in [0.25, 0.3) is 21.1 Å². The molecule has 6 nitrogen and oxygen atoms in total. The smallest absolute Gasteiger partial charge is 0.364 e. The Hall–Kier alpha value is -3.27. The molecule has 4 aromatic rings. The largest absolute Gasteiger partial charge is 0.416 e. The van der Waals surface area contributed by atoms with Gasteiger partial charge in [-0.2, -0.15) is 13.2 Å². The van der Waals surface area contributed by atoms with Crippen molar-refractivity contribution in [1.29, 1.82) is 0 Å². The number of alkyl halides is 3. The second-order valence-corrected chi connectivity index (χ2v) is 6.61. The summed E-state index contributed by atoms with van der Waals surface area (Å²) in [5.74, 6) is -0.247. The first-order valence-corrected chi connectivity index (χ1v) is 8.43. The molecule has 1 amide bonds. The fraction of sp³-hybridized carbons (Fsp3) is 0.0588. The number of benzene rings is 2. The molecule has 27 heavy (non-hydrogen) atoms. The van der Waals surface area contributed by atoms with E-state index in [4.69, 9.17) is 5.73 Å². The molecule has 2 heterocycles. The minimum Gasteiger partial charge on any atom is -0.364 e. The van der Waals surface area contributed by atoms with Gasteiger partial charge >= 0.3 is 6.18 Å². The zero-order valence-corrected chi connectivity index (χ0v) is 14.2. The lowest BCUT2D eigenvalue weighted by Crippen LogP contribution is -2.09. The molecule has 0 unspecified atom stereocenters. The minimum atomic E-state index is -4.40. The van der Waals surface area contributed by atoms with Crippen LogP contribution in [0.5, 0.6) is 0 Å². The highest BCUT2D eigenvalue weighted by Gasteiger charge is 2.30. The Balaban J connectivity index is 1.81. The summed E-state index contributed by atoms with van der Waals surface area (Å²) < 4.78 is 38.8. The predicted octanol–water partition coefficient (Wildman–Crippen LogP) is 4.10. The van der Waals surface area contributed by atoms with Crippen LogP contribution in [0.1, 0.15) is 15.4 Å². The van der Waals surface area contributed by atoms with Gasteiger partial charge in [-0.05, 0) is 36.4 Å². The van der Waals surface area contributed by atoms with Crippen molar-refractivity contribution in [3.8, 4) is 0 Å². The number of carbonyl (C=O) groups excluding carboxylic acids is 1. The van der Waals surface area contributed by atoms with Crippen molar-refractivity contribution in [2.45, 2.75) is 6.18 Å². The molecule has 0 aliphatic carbocycles. The Morgan fingerprint density at radius 1 is 1.04 bits per heavy atom. The van der Waals surface area contributed by atoms with Gasteiger partial charge in [-0.25, -0.2) is 15.0 Å². The number of rotatable bonds is 3. The molecule has 136 valence electrons. The summed E-state index contributed by atoms with van der Waals surface area (Å²) in [6.45, 7) is 0. The summed E-state index contributed by atoms with van der Waals surface area (Å²) in [6.07, 6.45) is -3.06. The van der Waals surface area contributed by atoms with Crippen LogP contribution < -0.4 is 11.1 Å². The van der Waals surface area contributed by atoms with Crippen LogP contribution in [0.3, 0.4) is 0 Å². The van der Waals surface area contributed by atoms with E-state index in [2.05, 4.69) is 20.3 Å². The summed E-state index contributed by atoms with van der Waals surface area (Å²) in [4.78, 5) is 24.0. The van der Waals surface area contributed by atoms with Crippen molar-refractivity contribution in [2.75, 3.05) is 5.32 Å². The number of thiazole rings is 1. The van der Waals surface area contributed by atoms with E-state index in [1.807, 2.05) is 0 Å². The van der Waals surface area contributed by atoms with Gasteiger partial charge in [0.25, 0.3) is 5.91 Å². The average molecular weight is 389 g/mol. The highest BCUT2D eigenvalue weighted by atomic mass is 32.1. The van der Waals surface area contributed by atoms with Gasteiger partial charge in [0.2, 0.25) is 0 Å². The number of aromatic nitrogens is 3. The molecule has 2 aromatic carbocycles. The van der Waals surface area contributed by atoms with Gasteiger partial charge in [0.1, 0.15) is 12.1 Å². The zero-order valence-electron chi connectivity index (χ0n) is 13.4. The molecule has 0 spiro atoms. The summed E-state index contributed by atoms with van der Waals surface area (Å²) >= 11 is 1.11. The first-order valence-electron chi connectivity index (χ1n) is 7.61. The van der Waals surface area contributed by atoms with Crippen molar-refractivity contribution in [1.82, 2.24) is 15.0 Å². The van der Waals surface area contributed by atoms with E-state index in [1.54, 1.807) is 12.1 Å². The third-order valence-electron chi connectivity index (χ3n) is 3.84. The van der Waals surface area contributed by atoms with Crippen molar-refractivity contribution < 1.29 is 18.0 Å². The summed E-state index contributed by atoms with van der Waals surface area (Å²) in [5, 5.41) is 3.77. The molecule has 2 aromatic heterocycles. The van der Waals surface area contributed by atoms with Gasteiger partial charge < -0.3 is 11.1 Å². The average Bonchev–Trinajstić information content (AvgIpc) is 3.06. The van der Waals surface area contributed by atoms with E-state index in [9.17, 15) is 18.0 Å². The highest BCUT2D eigenvalue weighted by molar-refractivity contribution is 7.21. The van der Waals surface area contributed by atoms with Crippen LogP contribution in [0.15, 0.2) is 42.7 Å². The molecule has 0 saturated heterocycles. The van der Waals surface area contributed by atoms with E-state index >= 15 is 0 Å². The molecule has 0 bridgehead atoms. The predicted molar refractivity (Wildman–Crippen MR) is 96.0 cm³/mol. The van der Waals surface area contributed by atoms with Crippen molar-refractivity contribution >= 4 is 49.9 Å². The van der Waals surface area contributed by atoms with Gasteiger partial charge in [0.15, 0.2) is 5.01 Å². The second kappa shape index (κ2) is 6.16. The summed E-state index contributed by atoms with van der Waals surface area (Å²) in [6, 6.07) is 8.05. The zero-order chi connectivity index (χ0) is 19.2. The normalized spacial score (nSPS) is 11.8. The van der Waals surface area contributed by atoms with Gasteiger partial charge in [0, 0.05) is 5.69 Å². The standard InChI is InChI=1S/C17H10F3N5OS/c18-17(19,20)8-1-3-9(4-2-8)24-15-12-10(22-7-23-15)5-6-11-13(12)27-16(25-11)14(21)26/h1-7H,(H2,21,26)(H,22,23,24). The van der Waals surface area contributed by atoms with Gasteiger partial charge in [-0.1, -0.05) is 0 Å². The third-order valence-corrected chi connectivity index (χ3v) is 4.95. The van der Waals surface area contributed by atoms with Crippen LogP contribution in [-0.2, 0) is 6.18 Å². The Bertz CT molecular complexity index is 1170. The molecule has 0 radical (unpaired) electrons. The SMILES string of the molecule is NC(=O)c1nc2ccc3ncnc(Nc4ccc(C(F)(F)F)cc4)c3c2s1. The number of primary amides is 1. The lowest BCUT2D eigenvalue weighted by Gasteiger charge is -2.10. The molecule has 10 heteroatoms. The summed E-state index contributed by atoms with van der Waals surface area (Å²) in [7, 11) is 0. The molecular formula is C17H10F3N5OS. The van der Waals surface area contributed by atoms with Gasteiger partial charge in [0.05, 0.1) is 26.7 Å². The Morgan fingerprint density at radius 2 is 1.74 bits per heavy atom. The number of hydrogen-bond acceptors (Lipinski definition) is 6. The number of anilines is 2. The first kappa shape index (κ1) is 17.2. The maximum absolute atomic E-state index is 12.7. The van der Waals surface area contributed by atoms with Crippen LogP contribution in [0.4, 0.5) is 24.7 Å². The second-order valence-electron chi connectivity index (χ2n) is 5.61. The van der Waals surface area contributed by atoms with E-state index in [0.717, 1.165) is 23.5 Å². The van der Waals surface area contributed by atoms with Crippen LogP contribution in [-0.4, -0.2) is 20.9 Å². The molecule has 0 saturated carbocycles. The number of nitrogens with two attached hydrogens (primary N) is 1. The number of amides is 1. The van der Waals surface area contributed by atoms with Crippen LogP contribution in [0.2, 0.25) is 0 Å². The maximum atomic E-state index is 12.7. The minimum absolute atomic E-state index is 0.154. The molecular weight excluding hydrogens is 379 g/mol. The number of halogens is 3. The monoisotopic (exact) mass is 389 g/mol. The number of carbonyl (C=O) groups is 1. The Labute approximate surface area is 153 Å². The molecule has 0 aliphatic rings. The molecule has 0 fully saturated rings. The first-order chi connectivity index (χ1) is 12.8. The summed E-state index contributed by atoms with van der Waals surface area (Å²) in [5.41, 5.74) is 6.16. The Morgan fingerprint density at radius 3 is 2.41 bits per heavy atom. The van der Waals surface area contributed by atoms with Gasteiger partial charge in [-0.3, -0.25) is 4.79 Å². The van der Waals surface area contributed by atoms with Crippen molar-refractivity contribution in [3.63, 3.8) is 0 Å². The van der Waals surface area contributed by atoms with E-state index in [1.165, 1.54) is 18.5 Å². The van der Waals surface area contributed by atoms with Gasteiger partial charge in [-0.15, -0.1) is 11.3 Å². The Kier molecular flexibility index (Phi) is 3.92. The van der Waals surface area contributed by atoms with Crippen molar-refractivity contribution in [3.05, 3.63) is 53.3 Å². The number of fused-ring (bicyclic) bond motifs is 3. The quantitative estimate of drug-likeness (QED) is 0.550. The molecule has 3 N–H and O–H groups in total. The molecule has 0 atom stereocenters. The highest BCUT2D eigenvalue weighted by Crippen LogP contribution is 2.35. The van der Waals surface area contributed by atoms with Crippen LogP contribution in [0, 0.1) is 0 Å². The molecule has 0 aliphatic heterocycles. The fourth-order valence-electron chi connectivity index (χ4n) is 2.61. The maximum Gasteiger partial charge on any atom is 0.416 e. The van der Waals surface area contributed by atoms with E-state index in [0.29, 0.717) is 32.6 Å². The lowest BCUT2D eigenvalue weighted by molar-refractivity contribution is -0.137. The van der Waals surface area contributed by atoms with E-state index in [-0.39, 0.29) is 5.01 Å². The third kappa shape index (κ3) is 3.14. The van der Waals surface area contributed by atoms with E-state index < -0.39 is 17.6 Å². The molecule has 4 rings (SSSR count). The lowest BCUT2D eigenvalue weighted by atomic mass is 10.2. The number of hydrogen-bond donors (Lipinski definition) is 2. The van der Waals surface area contributed by atoms with Crippen molar-refractivity contribution in [2.24, 2.45) is 5.73 Å². The topological polar surface area (TPSA) is 93.8 Å². The number of nitrogens with one attached hydrogen (secondary N) is 1. The number of nitrogens with zero attached hydrogens (tertiary/aromatic N) is 3. The van der Waals surface area contributed by atoms with Crippen LogP contribution >= 0.6 is 11.3 Å². The fourth-order valence-corrected chi connectivity index (χ4v) is 3.57.